The fraction of sp³-hybridized carbons (Fsp3) is 1.00. The molecule has 0 aromatic rings. The van der Waals surface area contributed by atoms with Gasteiger partial charge in [0.1, 0.15) is 0 Å². The molecule has 2 nitrogen and oxygen atoms in total. The van der Waals surface area contributed by atoms with Crippen LogP contribution < -0.4 is 0 Å². The van der Waals surface area contributed by atoms with Crippen LogP contribution in [0.2, 0.25) is 0 Å². The summed E-state index contributed by atoms with van der Waals surface area (Å²) in [5.41, 5.74) is 0. The maximum absolute atomic E-state index is 5.88. The van der Waals surface area contributed by atoms with Gasteiger partial charge in [0.15, 0.2) is 0 Å². The largest absolute Gasteiger partial charge is 0.303 e. The normalized spacial score (nSPS) is 22.9. The van der Waals surface area contributed by atoms with E-state index in [1.54, 1.807) is 0 Å². The Labute approximate surface area is 106 Å². The molecule has 1 rings (SSSR count). The van der Waals surface area contributed by atoms with Crippen molar-refractivity contribution in [2.75, 3.05) is 38.6 Å². The molecule has 1 aliphatic heterocycles. The van der Waals surface area contributed by atoms with Crippen molar-refractivity contribution < 1.29 is 0 Å². The van der Waals surface area contributed by atoms with E-state index in [2.05, 4.69) is 23.6 Å². The zero-order valence-corrected chi connectivity index (χ0v) is 11.7. The topological polar surface area (TPSA) is 6.48 Å². The van der Waals surface area contributed by atoms with Crippen LogP contribution in [0.3, 0.4) is 0 Å². The molecule has 0 N–H and O–H groups in total. The van der Waals surface area contributed by atoms with Crippen LogP contribution in [0.1, 0.15) is 39.5 Å². The zero-order valence-electron chi connectivity index (χ0n) is 10.9. The van der Waals surface area contributed by atoms with E-state index in [9.17, 15) is 0 Å². The first-order chi connectivity index (χ1) is 7.81. The van der Waals surface area contributed by atoms with Crippen molar-refractivity contribution >= 4 is 11.6 Å². The summed E-state index contributed by atoms with van der Waals surface area (Å²) in [6.45, 7) is 10.6. The molecule has 1 unspecified atom stereocenters. The molecule has 3 heteroatoms. The van der Waals surface area contributed by atoms with Crippen LogP contribution in [0.5, 0.6) is 0 Å². The van der Waals surface area contributed by atoms with Crippen LogP contribution in [0.15, 0.2) is 0 Å². The highest BCUT2D eigenvalue weighted by Crippen LogP contribution is 2.19. The van der Waals surface area contributed by atoms with E-state index in [1.807, 2.05) is 0 Å². The smallest absolute Gasteiger partial charge is 0.0238 e. The zero-order chi connectivity index (χ0) is 11.8. The molecule has 0 spiro atoms. The van der Waals surface area contributed by atoms with E-state index >= 15 is 0 Å². The lowest BCUT2D eigenvalue weighted by Gasteiger charge is -2.36. The molecular weight excluding hydrogens is 220 g/mol. The summed E-state index contributed by atoms with van der Waals surface area (Å²) in [5.74, 6) is 0.812. The van der Waals surface area contributed by atoms with Crippen LogP contribution in [0.25, 0.3) is 0 Å². The van der Waals surface area contributed by atoms with E-state index in [0.717, 1.165) is 11.9 Å². The molecule has 0 amide bonds. The van der Waals surface area contributed by atoms with E-state index < -0.39 is 0 Å². The molecule has 0 bridgehead atoms. The Balaban J connectivity index is 2.31. The fourth-order valence-electron chi connectivity index (χ4n) is 2.62. The summed E-state index contributed by atoms with van der Waals surface area (Å²) >= 11 is 5.88. The van der Waals surface area contributed by atoms with Crippen molar-refractivity contribution in [1.29, 1.82) is 0 Å². The van der Waals surface area contributed by atoms with Gasteiger partial charge in [0.05, 0.1) is 0 Å². The number of likely N-dealkylation sites (tertiary alicyclic amines) is 1. The first kappa shape index (κ1) is 14.3. The number of hydrogen-bond donors (Lipinski definition) is 0. The Morgan fingerprint density at radius 1 is 1.25 bits per heavy atom. The van der Waals surface area contributed by atoms with Gasteiger partial charge in [-0.3, -0.25) is 4.90 Å². The number of hydrogen-bond acceptors (Lipinski definition) is 2. The maximum atomic E-state index is 5.88. The van der Waals surface area contributed by atoms with Crippen molar-refractivity contribution in [3.05, 3.63) is 0 Å². The summed E-state index contributed by atoms with van der Waals surface area (Å²) in [7, 11) is 0. The molecule has 0 radical (unpaired) electrons. The SMILES string of the molecule is CCN(CC)CCN1CCCCC1CCCl. The summed E-state index contributed by atoms with van der Waals surface area (Å²) in [4.78, 5) is 5.16. The molecule has 1 heterocycles. The van der Waals surface area contributed by atoms with Crippen LogP contribution in [-0.2, 0) is 0 Å². The molecule has 1 atom stereocenters. The Bertz CT molecular complexity index is 169. The highest BCUT2D eigenvalue weighted by atomic mass is 35.5. The maximum Gasteiger partial charge on any atom is 0.0238 e. The van der Waals surface area contributed by atoms with E-state index in [-0.39, 0.29) is 0 Å². The van der Waals surface area contributed by atoms with Gasteiger partial charge < -0.3 is 4.90 Å². The van der Waals surface area contributed by atoms with Crippen molar-refractivity contribution in [3.63, 3.8) is 0 Å². The van der Waals surface area contributed by atoms with Crippen molar-refractivity contribution in [3.8, 4) is 0 Å². The lowest BCUT2D eigenvalue weighted by molar-refractivity contribution is 0.125. The second-order valence-corrected chi connectivity index (χ2v) is 5.07. The van der Waals surface area contributed by atoms with E-state index in [0.29, 0.717) is 0 Å². The molecule has 0 aliphatic carbocycles. The first-order valence-electron chi connectivity index (χ1n) is 6.84. The van der Waals surface area contributed by atoms with Gasteiger partial charge in [-0.1, -0.05) is 20.3 Å². The van der Waals surface area contributed by atoms with Crippen LogP contribution >= 0.6 is 11.6 Å². The van der Waals surface area contributed by atoms with E-state index in [1.165, 1.54) is 58.4 Å². The Kier molecular flexibility index (Phi) is 7.42. The number of piperidine rings is 1. The summed E-state index contributed by atoms with van der Waals surface area (Å²) in [5, 5.41) is 0. The molecule has 0 saturated carbocycles. The van der Waals surface area contributed by atoms with Crippen LogP contribution in [0.4, 0.5) is 0 Å². The minimum atomic E-state index is 0.752. The van der Waals surface area contributed by atoms with Crippen molar-refractivity contribution in [2.45, 2.75) is 45.6 Å². The monoisotopic (exact) mass is 246 g/mol. The van der Waals surface area contributed by atoms with Gasteiger partial charge in [-0.05, 0) is 38.9 Å². The fourth-order valence-corrected chi connectivity index (χ4v) is 2.87. The Morgan fingerprint density at radius 2 is 2.00 bits per heavy atom. The summed E-state index contributed by atoms with van der Waals surface area (Å²) in [6, 6.07) is 0.752. The molecule has 1 aliphatic rings. The molecular formula is C13H27ClN2. The third-order valence-corrected chi connectivity index (χ3v) is 4.01. The Morgan fingerprint density at radius 3 is 2.62 bits per heavy atom. The van der Waals surface area contributed by atoms with Crippen molar-refractivity contribution in [1.82, 2.24) is 9.80 Å². The molecule has 0 aromatic heterocycles. The molecule has 1 fully saturated rings. The minimum absolute atomic E-state index is 0.752. The number of halogens is 1. The number of alkyl halides is 1. The first-order valence-corrected chi connectivity index (χ1v) is 7.37. The minimum Gasteiger partial charge on any atom is -0.303 e. The average molecular weight is 247 g/mol. The molecule has 1 saturated heterocycles. The quantitative estimate of drug-likeness (QED) is 0.638. The number of likely N-dealkylation sites (N-methyl/N-ethyl adjacent to an activating group) is 1. The van der Waals surface area contributed by atoms with Gasteiger partial charge in [-0.2, -0.15) is 0 Å². The van der Waals surface area contributed by atoms with Gasteiger partial charge in [0, 0.05) is 25.0 Å². The third-order valence-electron chi connectivity index (χ3n) is 3.79. The average Bonchev–Trinajstić information content (AvgIpc) is 2.33. The standard InChI is InChI=1S/C13H27ClN2/c1-3-15(4-2)11-12-16-10-6-5-7-13(16)8-9-14/h13H,3-12H2,1-2H3. The van der Waals surface area contributed by atoms with Gasteiger partial charge in [-0.15, -0.1) is 11.6 Å². The highest BCUT2D eigenvalue weighted by Gasteiger charge is 2.21. The van der Waals surface area contributed by atoms with Gasteiger partial charge in [-0.25, -0.2) is 0 Å². The molecule has 0 aromatic carbocycles. The molecule has 16 heavy (non-hydrogen) atoms. The van der Waals surface area contributed by atoms with E-state index in [4.69, 9.17) is 11.6 Å². The lowest BCUT2D eigenvalue weighted by atomic mass is 10.00. The van der Waals surface area contributed by atoms with Gasteiger partial charge >= 0.3 is 0 Å². The predicted octanol–water partition coefficient (Wildman–Crippen LogP) is 2.81. The lowest BCUT2D eigenvalue weighted by Crippen LogP contribution is -2.44. The van der Waals surface area contributed by atoms with Gasteiger partial charge in [0.2, 0.25) is 0 Å². The van der Waals surface area contributed by atoms with Gasteiger partial charge in [0.25, 0.3) is 0 Å². The van der Waals surface area contributed by atoms with Crippen LogP contribution in [-0.4, -0.2) is 54.4 Å². The Hall–Kier alpha value is 0.210. The second-order valence-electron chi connectivity index (χ2n) is 4.69. The second kappa shape index (κ2) is 8.32. The van der Waals surface area contributed by atoms with Crippen LogP contribution in [0, 0.1) is 0 Å². The third kappa shape index (κ3) is 4.60. The number of nitrogens with zero attached hydrogens (tertiary/aromatic N) is 2. The highest BCUT2D eigenvalue weighted by molar-refractivity contribution is 6.17. The predicted molar refractivity (Wildman–Crippen MR) is 72.3 cm³/mol. The van der Waals surface area contributed by atoms with Crippen molar-refractivity contribution in [2.24, 2.45) is 0 Å². The molecule has 96 valence electrons. The summed E-state index contributed by atoms with van der Waals surface area (Å²) < 4.78 is 0. The number of rotatable bonds is 7. The summed E-state index contributed by atoms with van der Waals surface area (Å²) in [6.07, 6.45) is 5.28.